The molecule has 0 unspecified atom stereocenters. The minimum Gasteiger partial charge on any atom is -0.456 e. The quantitative estimate of drug-likeness (QED) is 0.373. The first-order chi connectivity index (χ1) is 14.7. The van der Waals surface area contributed by atoms with Crippen molar-refractivity contribution in [3.05, 3.63) is 95.1 Å². The van der Waals surface area contributed by atoms with Crippen molar-refractivity contribution >= 4 is 39.3 Å². The van der Waals surface area contributed by atoms with E-state index in [1.807, 2.05) is 79.7 Å². The predicted molar refractivity (Wildman–Crippen MR) is 120 cm³/mol. The Kier molecular flexibility index (Phi) is 4.65. The second-order valence-corrected chi connectivity index (χ2v) is 7.33. The molecule has 0 bridgehead atoms. The fourth-order valence-corrected chi connectivity index (χ4v) is 3.50. The van der Waals surface area contributed by atoms with Gasteiger partial charge in [-0.1, -0.05) is 54.1 Å². The summed E-state index contributed by atoms with van der Waals surface area (Å²) >= 11 is 6.39. The van der Waals surface area contributed by atoms with Crippen LogP contribution in [0.5, 0.6) is 0 Å². The van der Waals surface area contributed by atoms with Gasteiger partial charge in [-0.2, -0.15) is 5.10 Å². The zero-order chi connectivity index (χ0) is 20.5. The lowest BCUT2D eigenvalue weighted by Crippen LogP contribution is -2.08. The fraction of sp³-hybridized carbons (Fsp3) is 0.0417. The van der Waals surface area contributed by atoms with Crippen LogP contribution in [0.15, 0.2) is 88.6 Å². The fourth-order valence-electron chi connectivity index (χ4n) is 3.33. The summed E-state index contributed by atoms with van der Waals surface area (Å²) in [4.78, 5) is 8.65. The van der Waals surface area contributed by atoms with Crippen molar-refractivity contribution in [1.82, 2.24) is 9.97 Å². The maximum absolute atomic E-state index is 6.39. The van der Waals surface area contributed by atoms with Crippen LogP contribution >= 0.6 is 11.6 Å². The summed E-state index contributed by atoms with van der Waals surface area (Å²) in [6.07, 6.45) is 1.52. The van der Waals surface area contributed by atoms with E-state index in [2.05, 4.69) is 20.5 Å². The average molecular weight is 413 g/mol. The molecule has 0 saturated carbocycles. The first kappa shape index (κ1) is 18.3. The molecular formula is C24H17ClN4O. The molecule has 2 heterocycles. The van der Waals surface area contributed by atoms with E-state index in [9.17, 15) is 0 Å². The molecule has 5 aromatic rings. The maximum atomic E-state index is 6.39. The van der Waals surface area contributed by atoms with Gasteiger partial charge < -0.3 is 4.42 Å². The number of nitrogens with one attached hydrogen (secondary N) is 1. The van der Waals surface area contributed by atoms with Crippen LogP contribution in [0, 0.1) is 6.92 Å². The van der Waals surface area contributed by atoms with E-state index >= 15 is 0 Å². The van der Waals surface area contributed by atoms with Crippen LogP contribution in [0.1, 0.15) is 5.56 Å². The van der Waals surface area contributed by atoms with Crippen molar-refractivity contribution in [2.45, 2.75) is 6.92 Å². The second kappa shape index (κ2) is 7.61. The van der Waals surface area contributed by atoms with Crippen LogP contribution in [0.25, 0.3) is 33.2 Å². The van der Waals surface area contributed by atoms with Gasteiger partial charge in [0.25, 0.3) is 0 Å². The third-order valence-corrected chi connectivity index (χ3v) is 5.32. The number of aromatic nitrogens is 2. The smallest absolute Gasteiger partial charge is 0.157 e. The van der Waals surface area contributed by atoms with Crippen LogP contribution < -0.4 is 10.8 Å². The Morgan fingerprint density at radius 3 is 2.57 bits per heavy atom. The third-order valence-electron chi connectivity index (χ3n) is 4.91. The van der Waals surface area contributed by atoms with Gasteiger partial charge in [-0.05, 0) is 36.8 Å². The minimum absolute atomic E-state index is 0.633. The van der Waals surface area contributed by atoms with Gasteiger partial charge in [0.15, 0.2) is 5.82 Å². The molecule has 3 aromatic carbocycles. The largest absolute Gasteiger partial charge is 0.456 e. The molecule has 146 valence electrons. The highest BCUT2D eigenvalue weighted by Gasteiger charge is 2.09. The number of rotatable bonds is 3. The number of para-hydroxylation sites is 1. The molecule has 0 aliphatic carbocycles. The molecule has 5 rings (SSSR count). The Hall–Kier alpha value is -3.70. The first-order valence-corrected chi connectivity index (χ1v) is 9.86. The van der Waals surface area contributed by atoms with Crippen LogP contribution in [0.3, 0.4) is 0 Å². The summed E-state index contributed by atoms with van der Waals surface area (Å²) in [7, 11) is 0. The predicted octanol–water partition coefficient (Wildman–Crippen LogP) is 5.93. The number of benzene rings is 3. The molecule has 30 heavy (non-hydrogen) atoms. The molecule has 0 amide bonds. The summed E-state index contributed by atoms with van der Waals surface area (Å²) in [6, 6.07) is 23.4. The molecule has 0 aliphatic rings. The summed E-state index contributed by atoms with van der Waals surface area (Å²) in [5.74, 6) is 1.35. The molecule has 0 spiro atoms. The van der Waals surface area contributed by atoms with Gasteiger partial charge in [-0.3, -0.25) is 5.43 Å². The molecule has 2 aromatic heterocycles. The van der Waals surface area contributed by atoms with Gasteiger partial charge in [0.2, 0.25) is 0 Å². The van der Waals surface area contributed by atoms with Crippen LogP contribution in [-0.4, -0.2) is 9.97 Å². The van der Waals surface area contributed by atoms with E-state index in [4.69, 9.17) is 16.0 Å². The number of hydrogen-bond donors (Lipinski definition) is 1. The lowest BCUT2D eigenvalue weighted by Gasteiger charge is -2.08. The molecule has 5 nitrogen and oxygen atoms in total. The molecular weight excluding hydrogens is 396 g/mol. The first-order valence-electron chi connectivity index (χ1n) is 9.48. The van der Waals surface area contributed by atoms with E-state index < -0.39 is 0 Å². The molecule has 1 N–H and O–H groups in total. The highest BCUT2D eigenvalue weighted by molar-refractivity contribution is 6.32. The normalized spacial score (nSPS) is 11.9. The number of halogens is 1. The molecule has 0 fully saturated rings. The SMILES string of the molecule is Cc1cc2oc(-c3ccccc3)c/c(=N/Nc3ncnc4ccccc34)c2cc1Cl. The number of fused-ring (bicyclic) bond motifs is 2. The van der Waals surface area contributed by atoms with Crippen LogP contribution in [0.2, 0.25) is 5.02 Å². The molecule has 0 radical (unpaired) electrons. The van der Waals surface area contributed by atoms with Gasteiger partial charge >= 0.3 is 0 Å². The Bertz CT molecular complexity index is 1440. The average Bonchev–Trinajstić information content (AvgIpc) is 2.79. The monoisotopic (exact) mass is 412 g/mol. The van der Waals surface area contributed by atoms with Crippen LogP contribution in [0.4, 0.5) is 5.82 Å². The molecule has 0 atom stereocenters. The zero-order valence-electron chi connectivity index (χ0n) is 16.1. The topological polar surface area (TPSA) is 63.3 Å². The minimum atomic E-state index is 0.633. The van der Waals surface area contributed by atoms with Gasteiger partial charge in [0.1, 0.15) is 17.7 Å². The lowest BCUT2D eigenvalue weighted by atomic mass is 10.1. The lowest BCUT2D eigenvalue weighted by molar-refractivity contribution is 0.618. The van der Waals surface area contributed by atoms with Gasteiger partial charge in [0.05, 0.1) is 10.9 Å². The standard InChI is InChI=1S/C24H17ClN4O/c1-15-11-23-18(12-19(15)25)21(13-22(30-23)16-7-3-2-4-8-16)28-29-24-17-9-5-6-10-20(17)26-14-27-24/h2-14H,1H3,(H,26,27,29)/b28-21-. The summed E-state index contributed by atoms with van der Waals surface area (Å²) in [6.45, 7) is 1.95. The maximum Gasteiger partial charge on any atom is 0.157 e. The number of aryl methyl sites for hydroxylation is 1. The Balaban J connectivity index is 1.71. The van der Waals surface area contributed by atoms with E-state index in [-0.39, 0.29) is 0 Å². The van der Waals surface area contributed by atoms with Gasteiger partial charge in [-0.15, -0.1) is 0 Å². The number of anilines is 1. The van der Waals surface area contributed by atoms with E-state index in [1.54, 1.807) is 0 Å². The van der Waals surface area contributed by atoms with Crippen molar-refractivity contribution in [2.75, 3.05) is 5.43 Å². The van der Waals surface area contributed by atoms with Crippen molar-refractivity contribution in [2.24, 2.45) is 5.10 Å². The molecule has 0 aliphatic heterocycles. The second-order valence-electron chi connectivity index (χ2n) is 6.92. The van der Waals surface area contributed by atoms with E-state index in [0.29, 0.717) is 21.8 Å². The highest BCUT2D eigenvalue weighted by Crippen LogP contribution is 2.26. The van der Waals surface area contributed by atoms with Crippen molar-refractivity contribution < 1.29 is 4.42 Å². The highest BCUT2D eigenvalue weighted by atomic mass is 35.5. The number of nitrogens with zero attached hydrogens (tertiary/aromatic N) is 3. The Labute approximate surface area is 177 Å². The van der Waals surface area contributed by atoms with E-state index in [1.165, 1.54) is 6.33 Å². The summed E-state index contributed by atoms with van der Waals surface area (Å²) in [5.41, 5.74) is 6.57. The van der Waals surface area contributed by atoms with Crippen molar-refractivity contribution in [3.8, 4) is 11.3 Å². The van der Waals surface area contributed by atoms with Gasteiger partial charge in [0, 0.05) is 27.4 Å². The molecule has 6 heteroatoms. The zero-order valence-corrected chi connectivity index (χ0v) is 16.9. The van der Waals surface area contributed by atoms with Crippen molar-refractivity contribution in [1.29, 1.82) is 0 Å². The van der Waals surface area contributed by atoms with Crippen LogP contribution in [-0.2, 0) is 0 Å². The third kappa shape index (κ3) is 3.40. The molecule has 0 saturated heterocycles. The van der Waals surface area contributed by atoms with Gasteiger partial charge in [-0.25, -0.2) is 9.97 Å². The number of hydrogen-bond acceptors (Lipinski definition) is 5. The Morgan fingerprint density at radius 2 is 1.70 bits per heavy atom. The van der Waals surface area contributed by atoms with Crippen molar-refractivity contribution in [3.63, 3.8) is 0 Å². The summed E-state index contributed by atoms with van der Waals surface area (Å²) < 4.78 is 6.17. The van der Waals surface area contributed by atoms with E-state index in [0.717, 1.165) is 33.2 Å². The summed E-state index contributed by atoms with van der Waals surface area (Å²) in [5, 5.41) is 7.73. The Morgan fingerprint density at radius 1 is 0.900 bits per heavy atom.